The summed E-state index contributed by atoms with van der Waals surface area (Å²) in [6.07, 6.45) is -4.09. The highest BCUT2D eigenvalue weighted by Crippen LogP contribution is 2.37. The molecule has 180 valence electrons. The van der Waals surface area contributed by atoms with Gasteiger partial charge in [0.05, 0.1) is 29.4 Å². The van der Waals surface area contributed by atoms with Gasteiger partial charge in [-0.2, -0.15) is 13.2 Å². The first-order valence-electron chi connectivity index (χ1n) is 9.83. The Hall–Kier alpha value is -2.36. The number of alkyl halides is 6. The third-order valence-electron chi connectivity index (χ3n) is 4.29. The molecule has 0 unspecified atom stereocenters. The maximum Gasteiger partial charge on any atom is 0.416 e. The summed E-state index contributed by atoms with van der Waals surface area (Å²) in [5.74, 6) is 0.301. The number of imidazole rings is 1. The molecule has 0 atom stereocenters. The quantitative estimate of drug-likeness (QED) is 0.320. The third kappa shape index (κ3) is 7.31. The van der Waals surface area contributed by atoms with Crippen LogP contribution in [-0.4, -0.2) is 29.7 Å². The van der Waals surface area contributed by atoms with Crippen molar-refractivity contribution in [3.63, 3.8) is 0 Å². The van der Waals surface area contributed by atoms with Crippen LogP contribution in [0.4, 0.5) is 23.7 Å². The molecule has 0 bridgehead atoms. The summed E-state index contributed by atoms with van der Waals surface area (Å²) in [6.45, 7) is 4.23. The zero-order valence-corrected chi connectivity index (χ0v) is 20.2. The van der Waals surface area contributed by atoms with Gasteiger partial charge in [-0.25, -0.2) is 9.78 Å². The molecule has 1 heterocycles. The number of aromatic amines is 1. The van der Waals surface area contributed by atoms with Crippen molar-refractivity contribution in [1.82, 2.24) is 15.3 Å². The first-order chi connectivity index (χ1) is 15.5. The van der Waals surface area contributed by atoms with Crippen LogP contribution in [0.1, 0.15) is 30.8 Å². The third-order valence-corrected chi connectivity index (χ3v) is 4.83. The number of methoxy groups -OCH3 is 1. The van der Waals surface area contributed by atoms with Crippen LogP contribution in [0.3, 0.4) is 0 Å². The van der Waals surface area contributed by atoms with E-state index in [1.54, 1.807) is 18.2 Å². The molecular formula is C21H22Cl3F3N4O2. The van der Waals surface area contributed by atoms with Gasteiger partial charge in [0.15, 0.2) is 5.82 Å². The maximum absolute atomic E-state index is 12.9. The standard InChI is InChI=1S/C19H16Cl3F3N4O2.C2H6/c1-31-15-5-3-11(19(23,24)25)9-14(15)29-17(30)26-7-6-10-2-4-12-13(8-10)28-16(27-12)18(20,21)22;1-2/h2-5,8-9H,6-7H2,1H3,(H,27,28)(H2,26,29,30);1-2H3. The van der Waals surface area contributed by atoms with Crippen molar-refractivity contribution in [3.05, 3.63) is 53.3 Å². The molecule has 2 aromatic carbocycles. The summed E-state index contributed by atoms with van der Waals surface area (Å²) in [4.78, 5) is 19.3. The van der Waals surface area contributed by atoms with E-state index in [1.165, 1.54) is 7.11 Å². The van der Waals surface area contributed by atoms with E-state index in [1.807, 2.05) is 13.8 Å². The molecule has 0 radical (unpaired) electrons. The van der Waals surface area contributed by atoms with Gasteiger partial charge >= 0.3 is 12.2 Å². The number of H-pyrrole nitrogens is 1. The number of nitrogens with one attached hydrogen (secondary N) is 3. The number of amides is 2. The smallest absolute Gasteiger partial charge is 0.416 e. The number of anilines is 1. The summed E-state index contributed by atoms with van der Waals surface area (Å²) >= 11 is 17.5. The lowest BCUT2D eigenvalue weighted by molar-refractivity contribution is -0.137. The van der Waals surface area contributed by atoms with Crippen molar-refractivity contribution in [2.75, 3.05) is 19.0 Å². The molecule has 0 aliphatic carbocycles. The number of hydrogen-bond donors (Lipinski definition) is 3. The van der Waals surface area contributed by atoms with Crippen molar-refractivity contribution in [3.8, 4) is 5.75 Å². The van der Waals surface area contributed by atoms with Crippen LogP contribution in [0.15, 0.2) is 36.4 Å². The largest absolute Gasteiger partial charge is 0.495 e. The van der Waals surface area contributed by atoms with Crippen LogP contribution in [0.2, 0.25) is 0 Å². The van der Waals surface area contributed by atoms with Crippen molar-refractivity contribution < 1.29 is 22.7 Å². The molecule has 0 saturated carbocycles. The fourth-order valence-corrected chi connectivity index (χ4v) is 3.08. The normalized spacial score (nSPS) is 11.5. The summed E-state index contributed by atoms with van der Waals surface area (Å²) in [5.41, 5.74) is 1.16. The topological polar surface area (TPSA) is 79.0 Å². The van der Waals surface area contributed by atoms with Gasteiger partial charge in [0.25, 0.3) is 0 Å². The van der Waals surface area contributed by atoms with Gasteiger partial charge in [-0.05, 0) is 42.3 Å². The number of aromatic nitrogens is 2. The molecule has 6 nitrogen and oxygen atoms in total. The van der Waals surface area contributed by atoms with Crippen molar-refractivity contribution >= 4 is 57.6 Å². The predicted octanol–water partition coefficient (Wildman–Crippen LogP) is 6.81. The molecule has 3 aromatic rings. The summed E-state index contributed by atoms with van der Waals surface area (Å²) in [7, 11) is 1.30. The molecule has 0 aliphatic heterocycles. The fraction of sp³-hybridized carbons (Fsp3) is 0.333. The van der Waals surface area contributed by atoms with Crippen LogP contribution in [-0.2, 0) is 16.4 Å². The van der Waals surface area contributed by atoms with Crippen molar-refractivity contribution in [2.24, 2.45) is 0 Å². The van der Waals surface area contributed by atoms with Gasteiger partial charge in [0.2, 0.25) is 3.79 Å². The Bertz CT molecular complexity index is 1100. The van der Waals surface area contributed by atoms with E-state index in [0.717, 1.165) is 23.8 Å². The maximum atomic E-state index is 12.9. The Morgan fingerprint density at radius 2 is 1.82 bits per heavy atom. The number of halogens is 6. The van der Waals surface area contributed by atoms with E-state index < -0.39 is 21.6 Å². The first-order valence-corrected chi connectivity index (χ1v) is 11.0. The average molecular weight is 526 g/mol. The van der Waals surface area contributed by atoms with Crippen LogP contribution in [0.5, 0.6) is 5.75 Å². The van der Waals surface area contributed by atoms with E-state index in [4.69, 9.17) is 39.5 Å². The minimum absolute atomic E-state index is 0.0899. The Kier molecular flexibility index (Phi) is 9.11. The second-order valence-corrected chi connectivity index (χ2v) is 8.76. The molecule has 2 amide bonds. The lowest BCUT2D eigenvalue weighted by atomic mass is 10.1. The summed E-state index contributed by atoms with van der Waals surface area (Å²) in [5, 5.41) is 4.97. The van der Waals surface area contributed by atoms with E-state index in [-0.39, 0.29) is 23.8 Å². The highest BCUT2D eigenvalue weighted by molar-refractivity contribution is 6.66. The van der Waals surface area contributed by atoms with Crippen LogP contribution >= 0.6 is 34.8 Å². The average Bonchev–Trinajstić information content (AvgIpc) is 3.18. The Labute approximate surface area is 203 Å². The fourth-order valence-electron chi connectivity index (χ4n) is 2.82. The van der Waals surface area contributed by atoms with Crippen molar-refractivity contribution in [2.45, 2.75) is 30.2 Å². The first kappa shape index (κ1) is 26.9. The molecule has 0 fully saturated rings. The zero-order chi connectivity index (χ0) is 24.8. The molecule has 12 heteroatoms. The number of carbonyl (C=O) groups is 1. The molecule has 0 aliphatic rings. The van der Waals surface area contributed by atoms with E-state index in [9.17, 15) is 18.0 Å². The Morgan fingerprint density at radius 1 is 1.12 bits per heavy atom. The summed E-state index contributed by atoms with van der Waals surface area (Å²) < 4.78 is 42.1. The number of carbonyl (C=O) groups excluding carboxylic acids is 1. The van der Waals surface area contributed by atoms with Gasteiger partial charge < -0.3 is 20.4 Å². The molecular weight excluding hydrogens is 504 g/mol. The zero-order valence-electron chi connectivity index (χ0n) is 17.9. The van der Waals surface area contributed by atoms with Crippen LogP contribution in [0.25, 0.3) is 11.0 Å². The number of ether oxygens (including phenoxy) is 1. The van der Waals surface area contributed by atoms with E-state index >= 15 is 0 Å². The molecule has 3 N–H and O–H groups in total. The van der Waals surface area contributed by atoms with Gasteiger partial charge in [-0.15, -0.1) is 0 Å². The molecule has 0 spiro atoms. The van der Waals surface area contributed by atoms with Crippen LogP contribution < -0.4 is 15.4 Å². The molecule has 3 rings (SSSR count). The highest BCUT2D eigenvalue weighted by Gasteiger charge is 2.31. The lowest BCUT2D eigenvalue weighted by Gasteiger charge is -2.14. The number of urea groups is 1. The van der Waals surface area contributed by atoms with Gasteiger partial charge in [-0.3, -0.25) is 0 Å². The second-order valence-electron chi connectivity index (χ2n) is 6.48. The number of fused-ring (bicyclic) bond motifs is 1. The minimum atomic E-state index is -4.54. The number of rotatable bonds is 5. The summed E-state index contributed by atoms with van der Waals surface area (Å²) in [6, 6.07) is 7.52. The van der Waals surface area contributed by atoms with E-state index in [2.05, 4.69) is 20.6 Å². The molecule has 0 saturated heterocycles. The second kappa shape index (κ2) is 11.2. The highest BCUT2D eigenvalue weighted by atomic mass is 35.6. The van der Waals surface area contributed by atoms with E-state index in [0.29, 0.717) is 17.5 Å². The number of benzene rings is 2. The predicted molar refractivity (Wildman–Crippen MR) is 125 cm³/mol. The number of nitrogens with zero attached hydrogens (tertiary/aromatic N) is 1. The molecule has 33 heavy (non-hydrogen) atoms. The minimum Gasteiger partial charge on any atom is -0.495 e. The Morgan fingerprint density at radius 3 is 2.42 bits per heavy atom. The van der Waals surface area contributed by atoms with Gasteiger partial charge in [-0.1, -0.05) is 54.7 Å². The van der Waals surface area contributed by atoms with Crippen molar-refractivity contribution in [1.29, 1.82) is 0 Å². The number of hydrogen-bond acceptors (Lipinski definition) is 3. The van der Waals surface area contributed by atoms with Crippen LogP contribution in [0, 0.1) is 0 Å². The SMILES string of the molecule is CC.COc1ccc(C(F)(F)F)cc1NC(=O)NCCc1ccc2nc(C(Cl)(Cl)Cl)[nH]c2c1. The molecule has 1 aromatic heterocycles. The van der Waals surface area contributed by atoms with Gasteiger partial charge in [0, 0.05) is 6.54 Å². The van der Waals surface area contributed by atoms with Gasteiger partial charge in [0.1, 0.15) is 5.75 Å². The Balaban J connectivity index is 0.00000187. The lowest BCUT2D eigenvalue weighted by Crippen LogP contribution is -2.30. The monoisotopic (exact) mass is 524 g/mol.